The Labute approximate surface area is 127 Å². The molecule has 0 fully saturated rings. The Bertz CT molecular complexity index is 576. The third kappa shape index (κ3) is 4.69. The molecule has 0 radical (unpaired) electrons. The van der Waals surface area contributed by atoms with Gasteiger partial charge in [0, 0.05) is 11.6 Å². The molecule has 1 rings (SSSR count). The maximum atomic E-state index is 12.4. The van der Waals surface area contributed by atoms with Crippen molar-refractivity contribution in [1.29, 1.82) is 0 Å². The zero-order valence-corrected chi connectivity index (χ0v) is 14.1. The Balaban J connectivity index is 3.09. The van der Waals surface area contributed by atoms with Crippen molar-refractivity contribution in [2.24, 2.45) is 5.41 Å². The van der Waals surface area contributed by atoms with Crippen LogP contribution in [0.25, 0.3) is 0 Å². The second-order valence-electron chi connectivity index (χ2n) is 6.07. The van der Waals surface area contributed by atoms with Crippen LogP contribution in [0.15, 0.2) is 23.1 Å². The first kappa shape index (κ1) is 17.9. The summed E-state index contributed by atoms with van der Waals surface area (Å²) >= 11 is 0. The number of hydrogen-bond acceptors (Lipinski definition) is 4. The summed E-state index contributed by atoms with van der Waals surface area (Å²) < 4.78 is 32.8. The van der Waals surface area contributed by atoms with Gasteiger partial charge in [-0.2, -0.15) is 0 Å². The number of ether oxygens (including phenoxy) is 1. The summed E-state index contributed by atoms with van der Waals surface area (Å²) in [6, 6.07) is 4.29. The van der Waals surface area contributed by atoms with Crippen LogP contribution >= 0.6 is 0 Å². The van der Waals surface area contributed by atoms with Crippen LogP contribution in [0.1, 0.15) is 40.2 Å². The smallest absolute Gasteiger partial charge is 0.240 e. The molecule has 120 valence electrons. The van der Waals surface area contributed by atoms with E-state index in [-0.39, 0.29) is 23.0 Å². The fourth-order valence-electron chi connectivity index (χ4n) is 1.62. The molecule has 0 spiro atoms. The average Bonchev–Trinajstić information content (AvgIpc) is 2.37. The molecule has 1 aromatic carbocycles. The quantitative estimate of drug-likeness (QED) is 0.844. The molecule has 21 heavy (non-hydrogen) atoms. The second kappa shape index (κ2) is 6.77. The third-order valence-corrected chi connectivity index (χ3v) is 4.98. The monoisotopic (exact) mass is 315 g/mol. The second-order valence-corrected chi connectivity index (χ2v) is 7.78. The molecule has 0 heterocycles. The molecule has 0 saturated heterocycles. The topological polar surface area (TPSA) is 75.6 Å². The molecule has 0 aliphatic carbocycles. The predicted molar refractivity (Wildman–Crippen MR) is 82.8 cm³/mol. The van der Waals surface area contributed by atoms with E-state index in [2.05, 4.69) is 4.72 Å². The van der Waals surface area contributed by atoms with E-state index in [4.69, 9.17) is 4.74 Å². The van der Waals surface area contributed by atoms with Gasteiger partial charge in [-0.25, -0.2) is 13.1 Å². The van der Waals surface area contributed by atoms with E-state index in [1.807, 2.05) is 34.6 Å². The third-order valence-electron chi connectivity index (χ3n) is 3.44. The van der Waals surface area contributed by atoms with Gasteiger partial charge in [0.15, 0.2) is 0 Å². The first-order valence-corrected chi connectivity index (χ1v) is 8.49. The van der Waals surface area contributed by atoms with Crippen LogP contribution in [0.4, 0.5) is 0 Å². The van der Waals surface area contributed by atoms with E-state index in [9.17, 15) is 13.5 Å². The maximum Gasteiger partial charge on any atom is 0.240 e. The van der Waals surface area contributed by atoms with E-state index in [1.165, 1.54) is 12.1 Å². The summed E-state index contributed by atoms with van der Waals surface area (Å²) in [4.78, 5) is 0.131. The summed E-state index contributed by atoms with van der Waals surface area (Å²) in [5.74, 6) is 0.503. The van der Waals surface area contributed by atoms with E-state index >= 15 is 0 Å². The summed E-state index contributed by atoms with van der Waals surface area (Å²) in [6.07, 6.45) is 0. The Hall–Kier alpha value is -1.11. The molecule has 5 nitrogen and oxygen atoms in total. The van der Waals surface area contributed by atoms with Crippen molar-refractivity contribution >= 4 is 10.0 Å². The fraction of sp³-hybridized carbons (Fsp3) is 0.600. The summed E-state index contributed by atoms with van der Waals surface area (Å²) in [5, 5.41) is 9.35. The van der Waals surface area contributed by atoms with E-state index in [0.717, 1.165) is 0 Å². The highest BCUT2D eigenvalue weighted by atomic mass is 32.2. The predicted octanol–water partition coefficient (Wildman–Crippen LogP) is 2.29. The average molecular weight is 315 g/mol. The molecule has 0 aromatic heterocycles. The van der Waals surface area contributed by atoms with Crippen molar-refractivity contribution < 1.29 is 18.3 Å². The Morgan fingerprint density at radius 2 is 1.95 bits per heavy atom. The maximum absolute atomic E-state index is 12.4. The van der Waals surface area contributed by atoms with Crippen molar-refractivity contribution in [1.82, 2.24) is 4.72 Å². The highest BCUT2D eigenvalue weighted by Crippen LogP contribution is 2.25. The largest absolute Gasteiger partial charge is 0.494 e. The highest BCUT2D eigenvalue weighted by Gasteiger charge is 2.26. The number of nitrogens with one attached hydrogen (secondary N) is 1. The minimum absolute atomic E-state index is 0.131. The molecule has 2 N–H and O–H groups in total. The molecule has 0 saturated carbocycles. The molecular weight excluding hydrogens is 290 g/mol. The van der Waals surface area contributed by atoms with Gasteiger partial charge in [-0.1, -0.05) is 20.8 Å². The number of aliphatic hydroxyl groups excluding tert-OH is 1. The van der Waals surface area contributed by atoms with Crippen LogP contribution in [0.3, 0.4) is 0 Å². The minimum atomic E-state index is -3.62. The summed E-state index contributed by atoms with van der Waals surface area (Å²) in [6.45, 7) is 9.76. The van der Waals surface area contributed by atoms with Crippen molar-refractivity contribution in [3.63, 3.8) is 0 Å². The number of rotatable bonds is 6. The molecule has 1 atom stereocenters. The first-order valence-electron chi connectivity index (χ1n) is 7.00. The number of sulfonamides is 1. The van der Waals surface area contributed by atoms with Gasteiger partial charge in [0.1, 0.15) is 5.75 Å². The number of benzene rings is 1. The number of aliphatic hydroxyl groups is 1. The van der Waals surface area contributed by atoms with Crippen molar-refractivity contribution in [3.8, 4) is 5.75 Å². The standard InChI is InChI=1S/C15H25NO4S/c1-6-20-14-8-7-13(9-12(14)10-17)21(18,19)16-11(2)15(3,4)5/h7-9,11,16-17H,6,10H2,1-5H3. The van der Waals surface area contributed by atoms with Gasteiger partial charge < -0.3 is 9.84 Å². The van der Waals surface area contributed by atoms with E-state index in [0.29, 0.717) is 17.9 Å². The van der Waals surface area contributed by atoms with Gasteiger partial charge in [-0.3, -0.25) is 0 Å². The molecule has 1 aromatic rings. The molecule has 6 heteroatoms. The van der Waals surface area contributed by atoms with Crippen LogP contribution < -0.4 is 9.46 Å². The molecule has 0 aliphatic heterocycles. The van der Waals surface area contributed by atoms with Crippen LogP contribution in [0.2, 0.25) is 0 Å². The lowest BCUT2D eigenvalue weighted by atomic mass is 9.89. The molecule has 0 amide bonds. The first-order chi connectivity index (χ1) is 9.61. The van der Waals surface area contributed by atoms with Gasteiger partial charge in [0.25, 0.3) is 0 Å². The van der Waals surface area contributed by atoms with Gasteiger partial charge in [-0.15, -0.1) is 0 Å². The van der Waals surface area contributed by atoms with Crippen LogP contribution in [0, 0.1) is 5.41 Å². The summed E-state index contributed by atoms with van der Waals surface area (Å²) in [5.41, 5.74) is 0.279. The van der Waals surface area contributed by atoms with Gasteiger partial charge in [0.05, 0.1) is 18.1 Å². The molecule has 0 aliphatic rings. The Morgan fingerprint density at radius 3 is 2.43 bits per heavy atom. The SMILES string of the molecule is CCOc1ccc(S(=O)(=O)NC(C)C(C)(C)C)cc1CO. The van der Waals surface area contributed by atoms with Gasteiger partial charge >= 0.3 is 0 Å². The van der Waals surface area contributed by atoms with Gasteiger partial charge in [0.2, 0.25) is 10.0 Å². The van der Waals surface area contributed by atoms with Crippen LogP contribution in [-0.2, 0) is 16.6 Å². The fourth-order valence-corrected chi connectivity index (χ4v) is 3.12. The zero-order chi connectivity index (χ0) is 16.3. The number of hydrogen-bond donors (Lipinski definition) is 2. The van der Waals surface area contributed by atoms with Crippen molar-refractivity contribution in [3.05, 3.63) is 23.8 Å². The lowest BCUT2D eigenvalue weighted by molar-refractivity contribution is 0.266. The van der Waals surface area contributed by atoms with Crippen LogP contribution in [-0.4, -0.2) is 26.2 Å². The summed E-state index contributed by atoms with van der Waals surface area (Å²) in [7, 11) is -3.62. The highest BCUT2D eigenvalue weighted by molar-refractivity contribution is 7.89. The lowest BCUT2D eigenvalue weighted by Crippen LogP contribution is -2.41. The molecular formula is C15H25NO4S. The minimum Gasteiger partial charge on any atom is -0.494 e. The Kier molecular flexibility index (Phi) is 5.78. The van der Waals surface area contributed by atoms with Crippen molar-refractivity contribution in [2.45, 2.75) is 52.2 Å². The van der Waals surface area contributed by atoms with Gasteiger partial charge in [-0.05, 0) is 37.5 Å². The Morgan fingerprint density at radius 1 is 1.33 bits per heavy atom. The normalized spacial score (nSPS) is 14.0. The zero-order valence-electron chi connectivity index (χ0n) is 13.3. The lowest BCUT2D eigenvalue weighted by Gasteiger charge is -2.27. The molecule has 1 unspecified atom stereocenters. The van der Waals surface area contributed by atoms with Crippen molar-refractivity contribution in [2.75, 3.05) is 6.61 Å². The molecule has 0 bridgehead atoms. The van der Waals surface area contributed by atoms with E-state index < -0.39 is 10.0 Å². The van der Waals surface area contributed by atoms with Crippen LogP contribution in [0.5, 0.6) is 5.75 Å². The van der Waals surface area contributed by atoms with E-state index in [1.54, 1.807) is 6.07 Å².